The minimum Gasteiger partial charge on any atom is -0.396 e. The highest BCUT2D eigenvalue weighted by atomic mass is 16.2. The van der Waals surface area contributed by atoms with Crippen LogP contribution in [0, 0.1) is 23.7 Å². The van der Waals surface area contributed by atoms with Crippen molar-refractivity contribution < 1.29 is 5.11 Å². The molecule has 0 saturated heterocycles. The van der Waals surface area contributed by atoms with Gasteiger partial charge in [-0.25, -0.2) is 0 Å². The fraction of sp³-hybridized carbons (Fsp3) is 0.933. The summed E-state index contributed by atoms with van der Waals surface area (Å²) >= 11 is 0. The van der Waals surface area contributed by atoms with Gasteiger partial charge in [-0.3, -0.25) is 0 Å². The second-order valence-corrected chi connectivity index (χ2v) is 6.21. The number of hydrogen-bond acceptors (Lipinski definition) is 3. The molecular formula is C15H28N2O. The molecule has 0 radical (unpaired) electrons. The lowest BCUT2D eigenvalue weighted by atomic mass is 9.56. The maximum atomic E-state index is 8.85. The van der Waals surface area contributed by atoms with Crippen LogP contribution in [-0.2, 0) is 0 Å². The van der Waals surface area contributed by atoms with Crippen molar-refractivity contribution >= 4 is 5.71 Å². The number of fused-ring (bicyclic) bond motifs is 3. The molecule has 3 saturated carbocycles. The summed E-state index contributed by atoms with van der Waals surface area (Å²) in [4.78, 5) is 0. The Kier molecular flexibility index (Phi) is 5.04. The first-order valence-corrected chi connectivity index (χ1v) is 7.63. The van der Waals surface area contributed by atoms with Crippen LogP contribution in [0.2, 0.25) is 0 Å². The van der Waals surface area contributed by atoms with Crippen LogP contribution in [0.15, 0.2) is 5.10 Å². The Morgan fingerprint density at radius 2 is 1.78 bits per heavy atom. The molecule has 3 fully saturated rings. The van der Waals surface area contributed by atoms with Crippen molar-refractivity contribution in [3.8, 4) is 0 Å². The third kappa shape index (κ3) is 2.87. The van der Waals surface area contributed by atoms with Crippen LogP contribution in [-0.4, -0.2) is 17.4 Å². The molecule has 0 amide bonds. The standard InChI is InChI=1S/C15H28N2O/c1-11(17-16)15-13-8-6-12(7-9-13)14(15)5-3-2-4-10-18/h12-15,18H,2-10,16H2,1H3/b17-11+/t12?,13?,14-,15-/m0/s1. The molecule has 0 aromatic rings. The number of nitrogens with two attached hydrogens (primary N) is 1. The van der Waals surface area contributed by atoms with E-state index in [9.17, 15) is 0 Å². The number of aliphatic hydroxyl groups excluding tert-OH is 1. The quantitative estimate of drug-likeness (QED) is 0.330. The Morgan fingerprint density at radius 1 is 1.11 bits per heavy atom. The Bertz CT molecular complexity index is 282. The Labute approximate surface area is 111 Å². The highest BCUT2D eigenvalue weighted by Gasteiger charge is 2.44. The zero-order valence-electron chi connectivity index (χ0n) is 11.6. The van der Waals surface area contributed by atoms with Crippen LogP contribution >= 0.6 is 0 Å². The first-order chi connectivity index (χ1) is 8.77. The lowest BCUT2D eigenvalue weighted by Crippen LogP contribution is -2.43. The van der Waals surface area contributed by atoms with Gasteiger partial charge in [-0.1, -0.05) is 12.8 Å². The Hall–Kier alpha value is -0.570. The summed E-state index contributed by atoms with van der Waals surface area (Å²) in [6.07, 6.45) is 10.3. The van der Waals surface area contributed by atoms with Crippen LogP contribution in [0.4, 0.5) is 0 Å². The summed E-state index contributed by atoms with van der Waals surface area (Å²) in [5.74, 6) is 8.73. The summed E-state index contributed by atoms with van der Waals surface area (Å²) in [5, 5.41) is 12.9. The largest absolute Gasteiger partial charge is 0.396 e. The lowest BCUT2D eigenvalue weighted by molar-refractivity contribution is 0.0533. The molecule has 3 aliphatic carbocycles. The van der Waals surface area contributed by atoms with E-state index in [0.717, 1.165) is 30.6 Å². The molecular weight excluding hydrogens is 224 g/mol. The molecule has 0 unspecified atom stereocenters. The molecule has 18 heavy (non-hydrogen) atoms. The molecule has 0 aromatic heterocycles. The Balaban J connectivity index is 1.95. The minimum atomic E-state index is 0.337. The van der Waals surface area contributed by atoms with Crippen molar-refractivity contribution in [1.82, 2.24) is 0 Å². The van der Waals surface area contributed by atoms with Gasteiger partial charge in [-0.15, -0.1) is 0 Å². The second-order valence-electron chi connectivity index (χ2n) is 6.21. The van der Waals surface area contributed by atoms with Crippen LogP contribution in [0.25, 0.3) is 0 Å². The summed E-state index contributed by atoms with van der Waals surface area (Å²) in [7, 11) is 0. The van der Waals surface area contributed by atoms with E-state index in [4.69, 9.17) is 10.9 Å². The van der Waals surface area contributed by atoms with Gasteiger partial charge in [0.2, 0.25) is 0 Å². The lowest BCUT2D eigenvalue weighted by Gasteiger charge is -2.49. The van der Waals surface area contributed by atoms with Gasteiger partial charge in [0.15, 0.2) is 0 Å². The fourth-order valence-corrected chi connectivity index (χ4v) is 4.40. The first-order valence-electron chi connectivity index (χ1n) is 7.63. The van der Waals surface area contributed by atoms with Crippen molar-refractivity contribution in [2.45, 2.75) is 58.3 Å². The highest BCUT2D eigenvalue weighted by molar-refractivity contribution is 5.84. The number of hydrazone groups is 1. The van der Waals surface area contributed by atoms with Gasteiger partial charge in [0, 0.05) is 18.2 Å². The molecule has 0 aliphatic heterocycles. The molecule has 0 heterocycles. The molecule has 0 aromatic carbocycles. The van der Waals surface area contributed by atoms with Crippen LogP contribution < -0.4 is 5.84 Å². The monoisotopic (exact) mass is 252 g/mol. The normalized spacial score (nSPS) is 36.0. The smallest absolute Gasteiger partial charge is 0.0431 e. The zero-order valence-corrected chi connectivity index (χ0v) is 11.6. The van der Waals surface area contributed by atoms with Gasteiger partial charge < -0.3 is 10.9 Å². The van der Waals surface area contributed by atoms with Crippen LogP contribution in [0.3, 0.4) is 0 Å². The molecule has 3 nitrogen and oxygen atoms in total. The fourth-order valence-electron chi connectivity index (χ4n) is 4.40. The topological polar surface area (TPSA) is 58.6 Å². The maximum absolute atomic E-state index is 8.85. The average Bonchev–Trinajstić information content (AvgIpc) is 2.43. The van der Waals surface area contributed by atoms with E-state index in [2.05, 4.69) is 12.0 Å². The number of aliphatic hydroxyl groups is 1. The molecule has 3 aliphatic rings. The van der Waals surface area contributed by atoms with Crippen molar-refractivity contribution in [1.29, 1.82) is 0 Å². The zero-order chi connectivity index (χ0) is 13.0. The van der Waals surface area contributed by atoms with Gasteiger partial charge in [-0.2, -0.15) is 5.10 Å². The average molecular weight is 252 g/mol. The SMILES string of the molecule is C/C(=N\N)[C@H]1C2CCC(CC2)[C@@H]1CCCCCO. The predicted octanol–water partition coefficient (Wildman–Crippen LogP) is 2.93. The number of rotatable bonds is 6. The Morgan fingerprint density at radius 3 is 2.39 bits per heavy atom. The van der Waals surface area contributed by atoms with E-state index in [0.29, 0.717) is 12.5 Å². The number of nitrogens with zero attached hydrogens (tertiary/aromatic N) is 1. The minimum absolute atomic E-state index is 0.337. The van der Waals surface area contributed by atoms with E-state index in [-0.39, 0.29) is 0 Å². The van der Waals surface area contributed by atoms with Crippen molar-refractivity contribution in [3.05, 3.63) is 0 Å². The molecule has 3 N–H and O–H groups in total. The van der Waals surface area contributed by atoms with Gasteiger partial charge in [-0.05, 0) is 63.2 Å². The summed E-state index contributed by atoms with van der Waals surface area (Å²) in [6, 6.07) is 0. The molecule has 2 atom stereocenters. The molecule has 2 bridgehead atoms. The van der Waals surface area contributed by atoms with E-state index in [1.54, 1.807) is 0 Å². The summed E-state index contributed by atoms with van der Waals surface area (Å²) in [5.41, 5.74) is 1.18. The van der Waals surface area contributed by atoms with Gasteiger partial charge in [0.1, 0.15) is 0 Å². The van der Waals surface area contributed by atoms with E-state index >= 15 is 0 Å². The van der Waals surface area contributed by atoms with Gasteiger partial charge >= 0.3 is 0 Å². The van der Waals surface area contributed by atoms with Crippen molar-refractivity contribution in [3.63, 3.8) is 0 Å². The molecule has 3 heteroatoms. The van der Waals surface area contributed by atoms with Crippen LogP contribution in [0.1, 0.15) is 58.3 Å². The molecule has 104 valence electrons. The van der Waals surface area contributed by atoms with Gasteiger partial charge in [0.25, 0.3) is 0 Å². The molecule has 0 spiro atoms. The van der Waals surface area contributed by atoms with E-state index in [1.165, 1.54) is 44.2 Å². The van der Waals surface area contributed by atoms with Crippen LogP contribution in [0.5, 0.6) is 0 Å². The predicted molar refractivity (Wildman–Crippen MR) is 75.3 cm³/mol. The van der Waals surface area contributed by atoms with E-state index in [1.807, 2.05) is 0 Å². The van der Waals surface area contributed by atoms with Gasteiger partial charge in [0.05, 0.1) is 0 Å². The van der Waals surface area contributed by atoms with Crippen molar-refractivity contribution in [2.24, 2.45) is 34.6 Å². The van der Waals surface area contributed by atoms with Crippen molar-refractivity contribution in [2.75, 3.05) is 6.61 Å². The molecule has 3 rings (SSSR count). The second kappa shape index (κ2) is 6.55. The third-order valence-electron chi connectivity index (χ3n) is 5.27. The summed E-state index contributed by atoms with van der Waals surface area (Å²) in [6.45, 7) is 2.45. The first kappa shape index (κ1) is 13.9. The van der Waals surface area contributed by atoms with E-state index < -0.39 is 0 Å². The summed E-state index contributed by atoms with van der Waals surface area (Å²) < 4.78 is 0. The third-order valence-corrected chi connectivity index (χ3v) is 5.27. The highest BCUT2D eigenvalue weighted by Crippen LogP contribution is 2.51. The number of unbranched alkanes of at least 4 members (excludes halogenated alkanes) is 2. The maximum Gasteiger partial charge on any atom is 0.0431 e. The number of hydrogen-bond donors (Lipinski definition) is 2.